The average Bonchev–Trinajstić information content (AvgIpc) is 2.83. The lowest BCUT2D eigenvalue weighted by Gasteiger charge is -2.30. The quantitative estimate of drug-likeness (QED) is 0.759. The Hall–Kier alpha value is -2.37. The van der Waals surface area contributed by atoms with Crippen LogP contribution < -0.4 is 15.5 Å². The summed E-state index contributed by atoms with van der Waals surface area (Å²) in [4.78, 5) is 36.6. The molecule has 1 aromatic carbocycles. The molecule has 6 heteroatoms. The molecule has 0 radical (unpaired) electrons. The first-order valence-electron chi connectivity index (χ1n) is 6.15. The SMILES string of the molecule is O=C1CN(C(=O)[C@H]2CCC(=O)N2)c2ccccc2N1. The molecule has 1 saturated heterocycles. The first-order valence-corrected chi connectivity index (χ1v) is 6.15. The summed E-state index contributed by atoms with van der Waals surface area (Å²) >= 11 is 0. The molecule has 0 aliphatic carbocycles. The van der Waals surface area contributed by atoms with Crippen molar-refractivity contribution in [2.24, 2.45) is 0 Å². The zero-order valence-electron chi connectivity index (χ0n) is 10.2. The molecule has 2 heterocycles. The van der Waals surface area contributed by atoms with Crippen molar-refractivity contribution in [1.82, 2.24) is 5.32 Å². The zero-order chi connectivity index (χ0) is 13.4. The highest BCUT2D eigenvalue weighted by Crippen LogP contribution is 2.29. The Labute approximate surface area is 109 Å². The Morgan fingerprint density at radius 3 is 2.74 bits per heavy atom. The summed E-state index contributed by atoms with van der Waals surface area (Å²) in [5.74, 6) is -0.572. The van der Waals surface area contributed by atoms with Crippen LogP contribution in [0.25, 0.3) is 0 Å². The van der Waals surface area contributed by atoms with Crippen LogP contribution in [-0.2, 0) is 14.4 Å². The number of nitrogens with one attached hydrogen (secondary N) is 2. The Balaban J connectivity index is 1.90. The second kappa shape index (κ2) is 4.38. The molecule has 19 heavy (non-hydrogen) atoms. The molecule has 3 amide bonds. The third kappa shape index (κ3) is 2.05. The van der Waals surface area contributed by atoms with Crippen molar-refractivity contribution >= 4 is 29.1 Å². The van der Waals surface area contributed by atoms with Crippen LogP contribution in [-0.4, -0.2) is 30.3 Å². The summed E-state index contributed by atoms with van der Waals surface area (Å²) in [5, 5.41) is 5.36. The average molecular weight is 259 g/mol. The minimum atomic E-state index is -0.522. The molecule has 2 aliphatic rings. The third-order valence-electron chi connectivity index (χ3n) is 3.33. The summed E-state index contributed by atoms with van der Waals surface area (Å²) in [7, 11) is 0. The van der Waals surface area contributed by atoms with Gasteiger partial charge < -0.3 is 10.6 Å². The number of carbonyl (C=O) groups is 3. The van der Waals surface area contributed by atoms with Gasteiger partial charge in [-0.1, -0.05) is 12.1 Å². The molecule has 0 spiro atoms. The molecule has 0 unspecified atom stereocenters. The lowest BCUT2D eigenvalue weighted by atomic mass is 10.1. The normalized spacial score (nSPS) is 21.7. The molecular formula is C13H13N3O3. The van der Waals surface area contributed by atoms with Gasteiger partial charge in [0.15, 0.2) is 0 Å². The van der Waals surface area contributed by atoms with Gasteiger partial charge in [-0.2, -0.15) is 0 Å². The van der Waals surface area contributed by atoms with Crippen LogP contribution in [0.2, 0.25) is 0 Å². The molecular weight excluding hydrogens is 246 g/mol. The van der Waals surface area contributed by atoms with E-state index in [0.29, 0.717) is 24.2 Å². The lowest BCUT2D eigenvalue weighted by Crippen LogP contribution is -2.49. The van der Waals surface area contributed by atoms with E-state index >= 15 is 0 Å². The summed E-state index contributed by atoms with van der Waals surface area (Å²) < 4.78 is 0. The van der Waals surface area contributed by atoms with Crippen LogP contribution in [0.1, 0.15) is 12.8 Å². The van der Waals surface area contributed by atoms with Crippen LogP contribution in [0.3, 0.4) is 0 Å². The summed E-state index contributed by atoms with van der Waals surface area (Å²) in [6.45, 7) is -0.0117. The van der Waals surface area contributed by atoms with E-state index in [4.69, 9.17) is 0 Å². The van der Waals surface area contributed by atoms with Gasteiger partial charge in [0.1, 0.15) is 12.6 Å². The van der Waals surface area contributed by atoms with Crippen molar-refractivity contribution < 1.29 is 14.4 Å². The number of nitrogens with zero attached hydrogens (tertiary/aromatic N) is 1. The van der Waals surface area contributed by atoms with Gasteiger partial charge in [0.2, 0.25) is 17.7 Å². The largest absolute Gasteiger partial charge is 0.344 e. The van der Waals surface area contributed by atoms with Crippen LogP contribution in [0.5, 0.6) is 0 Å². The Morgan fingerprint density at radius 1 is 1.21 bits per heavy atom. The molecule has 0 saturated carbocycles. The molecule has 1 atom stereocenters. The van der Waals surface area contributed by atoms with E-state index in [0.717, 1.165) is 0 Å². The van der Waals surface area contributed by atoms with Crippen molar-refractivity contribution in [2.45, 2.75) is 18.9 Å². The number of para-hydroxylation sites is 2. The topological polar surface area (TPSA) is 78.5 Å². The fourth-order valence-corrected chi connectivity index (χ4v) is 2.42. The summed E-state index contributed by atoms with van der Waals surface area (Å²) in [5.41, 5.74) is 1.30. The Bertz CT molecular complexity index is 570. The lowest BCUT2D eigenvalue weighted by molar-refractivity contribution is -0.125. The maximum atomic E-state index is 12.4. The number of anilines is 2. The molecule has 2 aliphatic heterocycles. The van der Waals surface area contributed by atoms with E-state index in [2.05, 4.69) is 10.6 Å². The molecule has 0 bridgehead atoms. The van der Waals surface area contributed by atoms with E-state index in [1.807, 2.05) is 6.07 Å². The third-order valence-corrected chi connectivity index (χ3v) is 3.33. The monoisotopic (exact) mass is 259 g/mol. The van der Waals surface area contributed by atoms with E-state index in [9.17, 15) is 14.4 Å². The van der Waals surface area contributed by atoms with Crippen LogP contribution in [0.4, 0.5) is 11.4 Å². The number of hydrogen-bond donors (Lipinski definition) is 2. The van der Waals surface area contributed by atoms with E-state index < -0.39 is 6.04 Å². The number of fused-ring (bicyclic) bond motifs is 1. The number of hydrogen-bond acceptors (Lipinski definition) is 3. The van der Waals surface area contributed by atoms with Crippen molar-refractivity contribution in [1.29, 1.82) is 0 Å². The highest BCUT2D eigenvalue weighted by molar-refractivity contribution is 6.12. The second-order valence-electron chi connectivity index (χ2n) is 4.65. The predicted octanol–water partition coefficient (Wildman–Crippen LogP) is 0.250. The Morgan fingerprint density at radius 2 is 2.00 bits per heavy atom. The number of amides is 3. The minimum absolute atomic E-state index is 0.0117. The van der Waals surface area contributed by atoms with Gasteiger partial charge in [-0.3, -0.25) is 19.3 Å². The smallest absolute Gasteiger partial charge is 0.250 e. The van der Waals surface area contributed by atoms with E-state index in [-0.39, 0.29) is 24.3 Å². The fourth-order valence-electron chi connectivity index (χ4n) is 2.42. The molecule has 3 rings (SSSR count). The fraction of sp³-hybridized carbons (Fsp3) is 0.308. The molecule has 2 N–H and O–H groups in total. The van der Waals surface area contributed by atoms with Gasteiger partial charge in [0.25, 0.3) is 0 Å². The van der Waals surface area contributed by atoms with Gasteiger partial charge in [0, 0.05) is 6.42 Å². The van der Waals surface area contributed by atoms with Gasteiger partial charge >= 0.3 is 0 Å². The van der Waals surface area contributed by atoms with Crippen molar-refractivity contribution in [2.75, 3.05) is 16.8 Å². The molecule has 0 aromatic heterocycles. The van der Waals surface area contributed by atoms with Gasteiger partial charge in [-0.25, -0.2) is 0 Å². The molecule has 1 aromatic rings. The minimum Gasteiger partial charge on any atom is -0.344 e. The van der Waals surface area contributed by atoms with Crippen molar-refractivity contribution in [3.05, 3.63) is 24.3 Å². The second-order valence-corrected chi connectivity index (χ2v) is 4.65. The molecule has 6 nitrogen and oxygen atoms in total. The Kier molecular flexibility index (Phi) is 2.70. The summed E-state index contributed by atoms with van der Waals surface area (Å²) in [6, 6.07) is 6.61. The molecule has 1 fully saturated rings. The first kappa shape index (κ1) is 11.7. The summed E-state index contributed by atoms with van der Waals surface area (Å²) in [6.07, 6.45) is 0.843. The molecule has 98 valence electrons. The van der Waals surface area contributed by atoms with Crippen molar-refractivity contribution in [3.8, 4) is 0 Å². The van der Waals surface area contributed by atoms with Gasteiger partial charge in [-0.15, -0.1) is 0 Å². The number of benzene rings is 1. The van der Waals surface area contributed by atoms with Crippen LogP contribution in [0, 0.1) is 0 Å². The highest BCUT2D eigenvalue weighted by Gasteiger charge is 2.34. The van der Waals surface area contributed by atoms with Crippen molar-refractivity contribution in [3.63, 3.8) is 0 Å². The van der Waals surface area contributed by atoms with Gasteiger partial charge in [-0.05, 0) is 18.6 Å². The first-order chi connectivity index (χ1) is 9.15. The van der Waals surface area contributed by atoms with Crippen LogP contribution in [0.15, 0.2) is 24.3 Å². The van der Waals surface area contributed by atoms with Gasteiger partial charge in [0.05, 0.1) is 11.4 Å². The maximum Gasteiger partial charge on any atom is 0.250 e. The van der Waals surface area contributed by atoms with Crippen LogP contribution >= 0.6 is 0 Å². The standard InChI is InChI=1S/C13H13N3O3/c17-11-6-5-9(15-11)13(19)16-7-12(18)14-8-3-1-2-4-10(8)16/h1-4,9H,5-7H2,(H,14,18)(H,15,17)/t9-/m1/s1. The highest BCUT2D eigenvalue weighted by atomic mass is 16.2. The maximum absolute atomic E-state index is 12.4. The predicted molar refractivity (Wildman–Crippen MR) is 68.6 cm³/mol. The number of carbonyl (C=O) groups excluding carboxylic acids is 3. The van der Waals surface area contributed by atoms with E-state index in [1.54, 1.807) is 18.2 Å². The number of rotatable bonds is 1. The zero-order valence-corrected chi connectivity index (χ0v) is 10.2. The van der Waals surface area contributed by atoms with E-state index in [1.165, 1.54) is 4.90 Å².